The van der Waals surface area contributed by atoms with Crippen molar-refractivity contribution in [2.45, 2.75) is 33.3 Å². The second-order valence-electron chi connectivity index (χ2n) is 4.52. The molecule has 0 radical (unpaired) electrons. The summed E-state index contributed by atoms with van der Waals surface area (Å²) < 4.78 is 0. The van der Waals surface area contributed by atoms with Crippen molar-refractivity contribution in [1.29, 1.82) is 0 Å². The maximum absolute atomic E-state index is 10.2. The van der Waals surface area contributed by atoms with Crippen LogP contribution in [0, 0.1) is 20.8 Å². The monoisotopic (exact) mass is 247 g/mol. The maximum atomic E-state index is 10.2. The summed E-state index contributed by atoms with van der Waals surface area (Å²) in [6.45, 7) is 6.08. The Bertz CT molecular complexity index is 498. The smallest absolute Gasteiger partial charge is 0.0957 e. The van der Waals surface area contributed by atoms with Gasteiger partial charge in [0.2, 0.25) is 0 Å². The summed E-state index contributed by atoms with van der Waals surface area (Å²) in [6, 6.07) is 6.19. The molecule has 0 bridgehead atoms. The number of thiazole rings is 1. The van der Waals surface area contributed by atoms with E-state index in [-0.39, 0.29) is 0 Å². The van der Waals surface area contributed by atoms with Crippen LogP contribution < -0.4 is 0 Å². The molecule has 0 spiro atoms. The summed E-state index contributed by atoms with van der Waals surface area (Å²) in [6.07, 6.45) is 0.139. The van der Waals surface area contributed by atoms with Crippen LogP contribution in [0.2, 0.25) is 0 Å². The van der Waals surface area contributed by atoms with E-state index < -0.39 is 6.10 Å². The first-order chi connectivity index (χ1) is 8.04. The second-order valence-corrected chi connectivity index (χ2v) is 5.47. The molecule has 90 valence electrons. The van der Waals surface area contributed by atoms with Crippen LogP contribution in [0.1, 0.15) is 33.5 Å². The molecule has 0 aliphatic carbocycles. The summed E-state index contributed by atoms with van der Waals surface area (Å²) in [5.41, 5.74) is 4.39. The Morgan fingerprint density at radius 3 is 2.35 bits per heavy atom. The lowest BCUT2D eigenvalue weighted by molar-refractivity contribution is 0.178. The number of aliphatic hydroxyl groups excluding tert-OH is 1. The highest BCUT2D eigenvalue weighted by molar-refractivity contribution is 7.09. The van der Waals surface area contributed by atoms with Crippen molar-refractivity contribution in [3.05, 3.63) is 51.0 Å². The molecule has 17 heavy (non-hydrogen) atoms. The van der Waals surface area contributed by atoms with Gasteiger partial charge in [0.15, 0.2) is 0 Å². The standard InChI is InChI=1S/C14H17NOS/c1-9-4-10(2)6-12(5-9)13(16)7-14-15-11(3)8-17-14/h4-6,8,13,16H,7H2,1-3H3. The number of nitrogens with zero attached hydrogens (tertiary/aromatic N) is 1. The Hall–Kier alpha value is -1.19. The number of hydrogen-bond donors (Lipinski definition) is 1. The van der Waals surface area contributed by atoms with E-state index in [1.54, 1.807) is 11.3 Å². The van der Waals surface area contributed by atoms with E-state index in [4.69, 9.17) is 0 Å². The molecule has 0 amide bonds. The average Bonchev–Trinajstić information content (AvgIpc) is 2.62. The van der Waals surface area contributed by atoms with Crippen molar-refractivity contribution in [3.8, 4) is 0 Å². The number of aromatic nitrogens is 1. The third-order valence-corrected chi connectivity index (χ3v) is 3.65. The predicted molar refractivity (Wildman–Crippen MR) is 71.4 cm³/mol. The van der Waals surface area contributed by atoms with Gasteiger partial charge in [-0.1, -0.05) is 29.3 Å². The van der Waals surface area contributed by atoms with Gasteiger partial charge in [0.25, 0.3) is 0 Å². The van der Waals surface area contributed by atoms with Crippen LogP contribution in [0.4, 0.5) is 0 Å². The molecule has 1 unspecified atom stereocenters. The molecule has 0 saturated heterocycles. The second kappa shape index (κ2) is 4.98. The first kappa shape index (κ1) is 12.3. The quantitative estimate of drug-likeness (QED) is 0.902. The van der Waals surface area contributed by atoms with Gasteiger partial charge in [-0.25, -0.2) is 4.98 Å². The highest BCUT2D eigenvalue weighted by atomic mass is 32.1. The van der Waals surface area contributed by atoms with Gasteiger partial charge < -0.3 is 5.11 Å². The molecule has 0 saturated carbocycles. The topological polar surface area (TPSA) is 33.1 Å². The third-order valence-electron chi connectivity index (χ3n) is 2.66. The van der Waals surface area contributed by atoms with Gasteiger partial charge >= 0.3 is 0 Å². The molecule has 1 N–H and O–H groups in total. The molecular formula is C14H17NOS. The van der Waals surface area contributed by atoms with Crippen LogP contribution in [-0.2, 0) is 6.42 Å². The first-order valence-corrected chi connectivity index (χ1v) is 6.60. The largest absolute Gasteiger partial charge is 0.388 e. The SMILES string of the molecule is Cc1cc(C)cc(C(O)Cc2nc(C)cs2)c1. The van der Waals surface area contributed by atoms with Crippen molar-refractivity contribution in [1.82, 2.24) is 4.98 Å². The van der Waals surface area contributed by atoms with Gasteiger partial charge in [-0.3, -0.25) is 0 Å². The fourth-order valence-corrected chi connectivity index (χ4v) is 2.79. The molecule has 1 aromatic carbocycles. The zero-order valence-electron chi connectivity index (χ0n) is 10.4. The van der Waals surface area contributed by atoms with Crippen LogP contribution in [0.3, 0.4) is 0 Å². The van der Waals surface area contributed by atoms with E-state index >= 15 is 0 Å². The van der Waals surface area contributed by atoms with Crippen molar-refractivity contribution < 1.29 is 5.11 Å². The van der Waals surface area contributed by atoms with Gasteiger partial charge in [-0.15, -0.1) is 11.3 Å². The Kier molecular flexibility index (Phi) is 3.60. The lowest BCUT2D eigenvalue weighted by Crippen LogP contribution is -2.02. The van der Waals surface area contributed by atoms with E-state index in [0.29, 0.717) is 6.42 Å². The van der Waals surface area contributed by atoms with E-state index in [2.05, 4.69) is 24.9 Å². The molecule has 1 aromatic heterocycles. The molecule has 2 aromatic rings. The maximum Gasteiger partial charge on any atom is 0.0957 e. The minimum atomic E-state index is -0.459. The van der Waals surface area contributed by atoms with Gasteiger partial charge in [0.05, 0.1) is 11.1 Å². The van der Waals surface area contributed by atoms with Crippen LogP contribution in [-0.4, -0.2) is 10.1 Å². The summed E-state index contributed by atoms with van der Waals surface area (Å²) in [4.78, 5) is 4.38. The summed E-state index contributed by atoms with van der Waals surface area (Å²) in [7, 11) is 0. The number of aliphatic hydroxyl groups is 1. The first-order valence-electron chi connectivity index (χ1n) is 5.72. The van der Waals surface area contributed by atoms with Gasteiger partial charge in [-0.2, -0.15) is 0 Å². The number of aryl methyl sites for hydroxylation is 3. The molecule has 0 aliphatic rings. The minimum absolute atomic E-state index is 0.459. The van der Waals surface area contributed by atoms with Crippen LogP contribution >= 0.6 is 11.3 Å². The fraction of sp³-hybridized carbons (Fsp3) is 0.357. The van der Waals surface area contributed by atoms with E-state index in [1.165, 1.54) is 11.1 Å². The summed E-state index contributed by atoms with van der Waals surface area (Å²) >= 11 is 1.61. The van der Waals surface area contributed by atoms with E-state index in [0.717, 1.165) is 16.3 Å². The van der Waals surface area contributed by atoms with Crippen molar-refractivity contribution in [2.75, 3.05) is 0 Å². The molecule has 0 fully saturated rings. The summed E-state index contributed by atoms with van der Waals surface area (Å²) in [5, 5.41) is 13.2. The predicted octanol–water partition coefficient (Wildman–Crippen LogP) is 3.34. The Labute approximate surface area is 106 Å². The highest BCUT2D eigenvalue weighted by Crippen LogP contribution is 2.22. The molecule has 2 rings (SSSR count). The van der Waals surface area contributed by atoms with Crippen molar-refractivity contribution in [3.63, 3.8) is 0 Å². The Balaban J connectivity index is 2.16. The van der Waals surface area contributed by atoms with Gasteiger partial charge in [-0.05, 0) is 26.3 Å². The van der Waals surface area contributed by atoms with Crippen LogP contribution in [0.5, 0.6) is 0 Å². The van der Waals surface area contributed by atoms with Gasteiger partial charge in [0.1, 0.15) is 0 Å². The lowest BCUT2D eigenvalue weighted by atomic mass is 10.0. The van der Waals surface area contributed by atoms with E-state index in [1.807, 2.05) is 24.4 Å². The molecule has 1 atom stereocenters. The molecule has 0 aliphatic heterocycles. The zero-order valence-corrected chi connectivity index (χ0v) is 11.2. The number of benzene rings is 1. The highest BCUT2D eigenvalue weighted by Gasteiger charge is 2.11. The average molecular weight is 247 g/mol. The number of rotatable bonds is 3. The van der Waals surface area contributed by atoms with Gasteiger partial charge in [0, 0.05) is 17.5 Å². The zero-order chi connectivity index (χ0) is 12.4. The number of hydrogen-bond acceptors (Lipinski definition) is 3. The fourth-order valence-electron chi connectivity index (χ4n) is 1.98. The van der Waals surface area contributed by atoms with Crippen LogP contribution in [0.25, 0.3) is 0 Å². The minimum Gasteiger partial charge on any atom is -0.388 e. The Morgan fingerprint density at radius 1 is 1.18 bits per heavy atom. The lowest BCUT2D eigenvalue weighted by Gasteiger charge is -2.11. The Morgan fingerprint density at radius 2 is 1.82 bits per heavy atom. The van der Waals surface area contributed by atoms with Crippen molar-refractivity contribution in [2.24, 2.45) is 0 Å². The van der Waals surface area contributed by atoms with E-state index in [9.17, 15) is 5.11 Å². The van der Waals surface area contributed by atoms with Crippen molar-refractivity contribution >= 4 is 11.3 Å². The molecular weight excluding hydrogens is 230 g/mol. The molecule has 1 heterocycles. The molecule has 2 nitrogen and oxygen atoms in total. The molecule has 3 heteroatoms. The normalized spacial score (nSPS) is 12.7. The van der Waals surface area contributed by atoms with Crippen LogP contribution in [0.15, 0.2) is 23.6 Å². The summed E-state index contributed by atoms with van der Waals surface area (Å²) in [5.74, 6) is 0. The third kappa shape index (κ3) is 3.14.